The predicted molar refractivity (Wildman–Crippen MR) is 207 cm³/mol. The van der Waals surface area contributed by atoms with E-state index in [2.05, 4.69) is 50.4 Å². The fraction of sp³-hybridized carbons (Fsp3) is 0.750. The number of hydrogen-bond donors (Lipinski definition) is 0. The number of unbranched alkanes of at least 4 members (excludes halogenated alkanes) is 11. The number of ether oxygens (including phenoxy) is 3. The van der Waals surface area contributed by atoms with Gasteiger partial charge >= 0.3 is 0 Å². The van der Waals surface area contributed by atoms with Crippen molar-refractivity contribution in [3.63, 3.8) is 0 Å². The Morgan fingerprint density at radius 1 is 0.745 bits per heavy atom. The summed E-state index contributed by atoms with van der Waals surface area (Å²) >= 11 is 0. The van der Waals surface area contributed by atoms with Crippen LogP contribution in [0, 0.1) is 47.6 Å². The molecule has 3 nitrogen and oxygen atoms in total. The summed E-state index contributed by atoms with van der Waals surface area (Å²) in [6, 6.07) is 16.2. The third kappa shape index (κ3) is 6.00. The molecule has 0 heterocycles. The molecule has 7 unspecified atom stereocenters. The Labute approximate surface area is 311 Å². The molecule has 7 atom stereocenters. The summed E-state index contributed by atoms with van der Waals surface area (Å²) in [6.07, 6.45) is 32.1. The Morgan fingerprint density at radius 2 is 1.49 bits per heavy atom. The van der Waals surface area contributed by atoms with E-state index in [9.17, 15) is 0 Å². The molecule has 0 N–H and O–H groups in total. The van der Waals surface area contributed by atoms with Gasteiger partial charge in [0.2, 0.25) is 0 Å². The number of benzene rings is 1. The number of hydrogen-bond acceptors (Lipinski definition) is 3. The van der Waals surface area contributed by atoms with Gasteiger partial charge < -0.3 is 14.2 Å². The van der Waals surface area contributed by atoms with Crippen LogP contribution in [0.15, 0.2) is 24.3 Å². The van der Waals surface area contributed by atoms with Crippen molar-refractivity contribution in [2.45, 2.75) is 172 Å². The van der Waals surface area contributed by atoms with Crippen LogP contribution in [0.25, 0.3) is 0 Å². The van der Waals surface area contributed by atoms with Crippen molar-refractivity contribution in [3.8, 4) is 5.75 Å². The monoisotopic (exact) mass is 693 g/mol. The van der Waals surface area contributed by atoms with E-state index in [0.717, 1.165) is 37.7 Å². The van der Waals surface area contributed by atoms with Crippen LogP contribution in [0.4, 0.5) is 0 Å². The van der Waals surface area contributed by atoms with Crippen LogP contribution in [-0.4, -0.2) is 33.0 Å². The first kappa shape index (κ1) is 36.0. The van der Waals surface area contributed by atoms with Gasteiger partial charge in [0.25, 0.3) is 0 Å². The topological polar surface area (TPSA) is 27.7 Å². The Bertz CT molecular complexity index is 1480. The smallest absolute Gasteiger partial charge is 0.170 e. The predicted octanol–water partition coefficient (Wildman–Crippen LogP) is 11.7. The molecular weight excluding hydrogens is 625 g/mol. The highest BCUT2D eigenvalue weighted by Crippen LogP contribution is 2.86. The fourth-order valence-electron chi connectivity index (χ4n) is 14.2. The van der Waals surface area contributed by atoms with Gasteiger partial charge in [0.15, 0.2) is 5.75 Å². The largest absolute Gasteiger partial charge is 0.485 e. The quantitative estimate of drug-likeness (QED) is 0.122. The van der Waals surface area contributed by atoms with Gasteiger partial charge in [-0.3, -0.25) is 0 Å². The minimum Gasteiger partial charge on any atom is -0.485 e. The molecule has 4 bridgehead atoms. The van der Waals surface area contributed by atoms with Gasteiger partial charge in [-0.05, 0) is 166 Å². The van der Waals surface area contributed by atoms with E-state index in [0.29, 0.717) is 28.1 Å². The molecular formula is C48H68O3. The van der Waals surface area contributed by atoms with Gasteiger partial charge in [-0.1, -0.05) is 82.4 Å². The maximum Gasteiger partial charge on any atom is 0.170 e. The van der Waals surface area contributed by atoms with E-state index in [4.69, 9.17) is 14.2 Å². The lowest BCUT2D eigenvalue weighted by atomic mass is 9.34. The lowest BCUT2D eigenvalue weighted by Crippen LogP contribution is -2.71. The second kappa shape index (κ2) is 15.0. The Hall–Kier alpha value is -2.02. The van der Waals surface area contributed by atoms with E-state index in [1.807, 2.05) is 5.56 Å². The molecule has 3 heteroatoms. The number of methoxy groups -OCH3 is 2. The standard InChI is InChI=1S/C48H68O3/c1-36-19-22-38-33-45-28-27-42(45)46-29-30-48(50-3,43-26-25-41(36)44(38)47(43,46)35-45)39(34-46)18-16-17-37-20-23-40(24-21-37)51-32-15-13-11-9-7-5-4-6-8-10-12-14-31-49-2/h19-20,22-23,39,42-43H,4-18,25-35H2,1-3H3. The average Bonchev–Trinajstić information content (AvgIpc) is 3.27. The van der Waals surface area contributed by atoms with Crippen LogP contribution >= 0.6 is 0 Å². The minimum absolute atomic E-state index is 0.0559. The van der Waals surface area contributed by atoms with Crippen molar-refractivity contribution in [2.75, 3.05) is 27.4 Å². The second-order valence-corrected chi connectivity index (χ2v) is 18.4. The molecule has 0 amide bonds. The van der Waals surface area contributed by atoms with Crippen molar-refractivity contribution < 1.29 is 14.2 Å². The first-order valence-corrected chi connectivity index (χ1v) is 21.7. The number of fused-ring (bicyclic) bond motifs is 2. The molecule has 0 saturated heterocycles. The highest BCUT2D eigenvalue weighted by Gasteiger charge is 2.83. The summed E-state index contributed by atoms with van der Waals surface area (Å²) < 4.78 is 18.1. The lowest BCUT2D eigenvalue weighted by Gasteiger charge is -2.72. The Morgan fingerprint density at radius 3 is 2.16 bits per heavy atom. The minimum atomic E-state index is 0.0559. The molecule has 51 heavy (non-hydrogen) atoms. The third-order valence-corrected chi connectivity index (χ3v) is 16.3. The van der Waals surface area contributed by atoms with E-state index in [1.54, 1.807) is 23.8 Å². The van der Waals surface area contributed by atoms with Crippen LogP contribution in [0.3, 0.4) is 0 Å². The maximum atomic E-state index is 6.93. The zero-order valence-electron chi connectivity index (χ0n) is 32.7. The molecule has 278 valence electrons. The Kier molecular flexibility index (Phi) is 10.6. The fourth-order valence-corrected chi connectivity index (χ4v) is 14.2. The molecule has 5 saturated carbocycles. The highest BCUT2D eigenvalue weighted by molar-refractivity contribution is 5.57. The van der Waals surface area contributed by atoms with E-state index in [-0.39, 0.29) is 5.60 Å². The number of rotatable bonds is 21. The van der Waals surface area contributed by atoms with E-state index in [1.165, 1.54) is 147 Å². The Balaban J connectivity index is 0.791. The van der Waals surface area contributed by atoms with Crippen LogP contribution in [0.1, 0.15) is 163 Å². The number of aryl methyl sites for hydroxylation is 2. The van der Waals surface area contributed by atoms with Crippen molar-refractivity contribution in [1.82, 2.24) is 0 Å². The zero-order valence-corrected chi connectivity index (χ0v) is 32.7. The average molecular weight is 693 g/mol. The molecule has 7 aliphatic carbocycles. The van der Waals surface area contributed by atoms with Crippen molar-refractivity contribution in [3.05, 3.63) is 64.2 Å². The summed E-state index contributed by atoms with van der Waals surface area (Å²) in [5.74, 6) is 3.20. The molecule has 0 radical (unpaired) electrons. The van der Waals surface area contributed by atoms with Crippen molar-refractivity contribution in [1.29, 1.82) is 0 Å². The summed E-state index contributed by atoms with van der Waals surface area (Å²) in [7, 11) is 3.89. The van der Waals surface area contributed by atoms with Crippen LogP contribution < -0.4 is 4.74 Å². The van der Waals surface area contributed by atoms with Gasteiger partial charge in [-0.15, -0.1) is 0 Å². The van der Waals surface area contributed by atoms with Crippen LogP contribution in [0.2, 0.25) is 0 Å². The molecule has 0 aliphatic heterocycles. The van der Waals surface area contributed by atoms with Gasteiger partial charge in [0, 0.05) is 31.8 Å². The van der Waals surface area contributed by atoms with Crippen molar-refractivity contribution in [2.24, 2.45) is 28.6 Å². The van der Waals surface area contributed by atoms with E-state index < -0.39 is 0 Å². The van der Waals surface area contributed by atoms with Gasteiger partial charge in [-0.25, -0.2) is 0 Å². The summed E-state index contributed by atoms with van der Waals surface area (Å²) in [5.41, 5.74) is 9.77. The van der Waals surface area contributed by atoms with Crippen LogP contribution in [0.5, 0.6) is 5.75 Å². The first-order valence-electron chi connectivity index (χ1n) is 21.7. The molecule has 0 aromatic heterocycles. The van der Waals surface area contributed by atoms with Crippen LogP contribution in [-0.2, 0) is 34.2 Å². The third-order valence-electron chi connectivity index (χ3n) is 16.3. The SMILES string of the molecule is COCCCCCCCCCCCCCCOc1c#cc(CCCC2CC34CCC2(OC)C2CCc5c(C)ccc6c5C23CC2(CCC24)C6)cc1. The molecule has 2 aromatic rings. The first-order chi connectivity index (χ1) is 25.0. The summed E-state index contributed by atoms with van der Waals surface area (Å²) in [5, 5.41) is 0. The van der Waals surface area contributed by atoms with Gasteiger partial charge in [-0.2, -0.15) is 0 Å². The zero-order chi connectivity index (χ0) is 34.9. The lowest BCUT2D eigenvalue weighted by molar-refractivity contribution is -0.248. The molecule has 9 rings (SSSR count). The van der Waals surface area contributed by atoms with Gasteiger partial charge in [0.05, 0.1) is 12.2 Å². The molecule has 5 fully saturated rings. The van der Waals surface area contributed by atoms with Gasteiger partial charge in [0.1, 0.15) is 0 Å². The van der Waals surface area contributed by atoms with E-state index >= 15 is 0 Å². The molecule has 3 spiro atoms. The second-order valence-electron chi connectivity index (χ2n) is 18.4. The summed E-state index contributed by atoms with van der Waals surface area (Å²) in [6.45, 7) is 4.12. The highest BCUT2D eigenvalue weighted by atomic mass is 16.5. The molecule has 7 aliphatic rings. The summed E-state index contributed by atoms with van der Waals surface area (Å²) in [4.78, 5) is 0. The maximum absolute atomic E-state index is 6.93. The van der Waals surface area contributed by atoms with Crippen molar-refractivity contribution >= 4 is 0 Å². The normalized spacial score (nSPS) is 33.4. The molecule has 2 aromatic carbocycles.